The third kappa shape index (κ3) is 4.33. The molecular weight excluding hydrogens is 357 g/mol. The molecule has 26 heavy (non-hydrogen) atoms. The van der Waals surface area contributed by atoms with Crippen molar-refractivity contribution in [1.82, 2.24) is 14.4 Å². The normalized spacial score (nSPS) is 11.8. The molecule has 1 heterocycles. The van der Waals surface area contributed by atoms with Gasteiger partial charge in [-0.15, -0.1) is 0 Å². The average molecular weight is 375 g/mol. The van der Waals surface area contributed by atoms with Gasteiger partial charge in [0.05, 0.1) is 12.3 Å². The highest BCUT2D eigenvalue weighted by Crippen LogP contribution is 2.18. The summed E-state index contributed by atoms with van der Waals surface area (Å²) in [7, 11) is -2.16. The van der Waals surface area contributed by atoms with E-state index in [1.54, 1.807) is 0 Å². The Balaban J connectivity index is 1.71. The van der Waals surface area contributed by atoms with Gasteiger partial charge in [-0.2, -0.15) is 9.29 Å². The number of halogens is 1. The molecule has 8 heteroatoms. The van der Waals surface area contributed by atoms with E-state index in [9.17, 15) is 12.8 Å². The monoisotopic (exact) mass is 375 g/mol. The molecule has 0 saturated heterocycles. The zero-order valence-corrected chi connectivity index (χ0v) is 15.2. The first-order valence-corrected chi connectivity index (χ1v) is 9.52. The number of aromatic nitrogens is 2. The van der Waals surface area contributed by atoms with Gasteiger partial charge in [-0.1, -0.05) is 41.1 Å². The molecule has 1 aromatic heterocycles. The maximum Gasteiger partial charge on any atom is 0.242 e. The van der Waals surface area contributed by atoms with Gasteiger partial charge in [0.2, 0.25) is 21.7 Å². The van der Waals surface area contributed by atoms with E-state index in [1.807, 2.05) is 31.2 Å². The van der Waals surface area contributed by atoms with E-state index in [-0.39, 0.29) is 18.2 Å². The highest BCUT2D eigenvalue weighted by Gasteiger charge is 2.21. The van der Waals surface area contributed by atoms with Crippen LogP contribution in [0.15, 0.2) is 53.1 Å². The van der Waals surface area contributed by atoms with E-state index in [0.717, 1.165) is 15.4 Å². The van der Waals surface area contributed by atoms with Gasteiger partial charge in [0, 0.05) is 12.6 Å². The quantitative estimate of drug-likeness (QED) is 0.661. The summed E-state index contributed by atoms with van der Waals surface area (Å²) in [5.74, 6) is -0.0309. The number of hydrogen-bond donors (Lipinski definition) is 0. The molecule has 6 nitrogen and oxygen atoms in total. The molecule has 0 aliphatic carbocycles. The van der Waals surface area contributed by atoms with E-state index in [0.29, 0.717) is 11.4 Å². The van der Waals surface area contributed by atoms with Crippen LogP contribution in [0.25, 0.3) is 11.4 Å². The van der Waals surface area contributed by atoms with Crippen LogP contribution in [0.3, 0.4) is 0 Å². The third-order valence-electron chi connectivity index (χ3n) is 3.84. The molecule has 0 bridgehead atoms. The van der Waals surface area contributed by atoms with Crippen molar-refractivity contribution in [1.29, 1.82) is 0 Å². The van der Waals surface area contributed by atoms with Crippen LogP contribution in [0.2, 0.25) is 0 Å². The van der Waals surface area contributed by atoms with Crippen LogP contribution >= 0.6 is 0 Å². The Morgan fingerprint density at radius 2 is 1.88 bits per heavy atom. The van der Waals surface area contributed by atoms with Gasteiger partial charge in [0.1, 0.15) is 5.82 Å². The Labute approximate surface area is 151 Å². The summed E-state index contributed by atoms with van der Waals surface area (Å²) < 4.78 is 44.2. The second kappa shape index (κ2) is 7.35. The smallest absolute Gasteiger partial charge is 0.242 e. The second-order valence-electron chi connectivity index (χ2n) is 6.02. The van der Waals surface area contributed by atoms with Crippen LogP contribution < -0.4 is 0 Å². The summed E-state index contributed by atoms with van der Waals surface area (Å²) in [6.45, 7) is 1.92. The Morgan fingerprint density at radius 3 is 2.58 bits per heavy atom. The highest BCUT2D eigenvalue weighted by molar-refractivity contribution is 7.88. The molecule has 0 fully saturated rings. The lowest BCUT2D eigenvalue weighted by molar-refractivity contribution is 0.336. The van der Waals surface area contributed by atoms with Gasteiger partial charge < -0.3 is 4.52 Å². The van der Waals surface area contributed by atoms with Crippen LogP contribution in [0, 0.1) is 12.7 Å². The molecule has 0 aliphatic heterocycles. The SMILES string of the molecule is Cc1cccc(-c2noc(CN(C)S(=O)(=O)Cc3ccc(F)cc3)n2)c1. The molecule has 0 aliphatic rings. The Kier molecular flexibility index (Phi) is 5.15. The lowest BCUT2D eigenvalue weighted by Crippen LogP contribution is -2.27. The lowest BCUT2D eigenvalue weighted by atomic mass is 10.1. The topological polar surface area (TPSA) is 76.3 Å². The van der Waals surface area contributed by atoms with Crippen LogP contribution in [0.1, 0.15) is 17.0 Å². The molecule has 0 atom stereocenters. The summed E-state index contributed by atoms with van der Waals surface area (Å²) in [6, 6.07) is 13.0. The zero-order valence-electron chi connectivity index (χ0n) is 14.4. The fraction of sp³-hybridized carbons (Fsp3) is 0.222. The van der Waals surface area contributed by atoms with Crippen molar-refractivity contribution in [3.8, 4) is 11.4 Å². The molecule has 0 radical (unpaired) electrons. The van der Waals surface area contributed by atoms with E-state index in [2.05, 4.69) is 10.1 Å². The summed E-state index contributed by atoms with van der Waals surface area (Å²) in [6.07, 6.45) is 0. The first kappa shape index (κ1) is 18.2. The average Bonchev–Trinajstić information content (AvgIpc) is 3.05. The van der Waals surface area contributed by atoms with Crippen molar-refractivity contribution in [2.75, 3.05) is 7.05 Å². The molecule has 0 saturated carbocycles. The van der Waals surface area contributed by atoms with Crippen molar-refractivity contribution in [3.63, 3.8) is 0 Å². The van der Waals surface area contributed by atoms with Crippen molar-refractivity contribution in [2.24, 2.45) is 0 Å². The van der Waals surface area contributed by atoms with Gasteiger partial charge in [-0.25, -0.2) is 12.8 Å². The molecule has 3 rings (SSSR count). The van der Waals surface area contributed by atoms with E-state index in [4.69, 9.17) is 4.52 Å². The maximum atomic E-state index is 12.9. The van der Waals surface area contributed by atoms with Gasteiger partial charge in [0.25, 0.3) is 0 Å². The molecule has 136 valence electrons. The number of nitrogens with zero attached hydrogens (tertiary/aromatic N) is 3. The molecular formula is C18H18FN3O3S. The predicted octanol–water partition coefficient (Wildman–Crippen LogP) is 3.15. The standard InChI is InChI=1S/C18H18FN3O3S/c1-13-4-3-5-15(10-13)18-20-17(25-21-18)11-22(2)26(23,24)12-14-6-8-16(19)9-7-14/h3-10H,11-12H2,1-2H3. The lowest BCUT2D eigenvalue weighted by Gasteiger charge is -2.15. The number of rotatable bonds is 6. The number of hydrogen-bond acceptors (Lipinski definition) is 5. The maximum absolute atomic E-state index is 12.9. The van der Waals surface area contributed by atoms with Crippen molar-refractivity contribution >= 4 is 10.0 Å². The van der Waals surface area contributed by atoms with Crippen LogP contribution in [-0.2, 0) is 22.3 Å². The van der Waals surface area contributed by atoms with Gasteiger partial charge in [-0.05, 0) is 30.7 Å². The third-order valence-corrected chi connectivity index (χ3v) is 5.62. The molecule has 0 amide bonds. The van der Waals surface area contributed by atoms with Crippen molar-refractivity contribution < 1.29 is 17.3 Å². The predicted molar refractivity (Wildman–Crippen MR) is 95.0 cm³/mol. The van der Waals surface area contributed by atoms with Gasteiger partial charge >= 0.3 is 0 Å². The van der Waals surface area contributed by atoms with E-state index in [1.165, 1.54) is 31.3 Å². The largest absolute Gasteiger partial charge is 0.338 e. The molecule has 0 spiro atoms. The molecule has 3 aromatic rings. The van der Waals surface area contributed by atoms with Crippen LogP contribution in [0.5, 0.6) is 0 Å². The van der Waals surface area contributed by atoms with E-state index < -0.39 is 15.8 Å². The number of aryl methyl sites for hydroxylation is 1. The Hall–Kier alpha value is -2.58. The summed E-state index contributed by atoms with van der Waals surface area (Å²) in [4.78, 5) is 4.26. The zero-order chi connectivity index (χ0) is 18.7. The number of sulfonamides is 1. The highest BCUT2D eigenvalue weighted by atomic mass is 32.2. The minimum Gasteiger partial charge on any atom is -0.338 e. The van der Waals surface area contributed by atoms with Crippen LogP contribution in [-0.4, -0.2) is 29.9 Å². The minimum atomic E-state index is -3.60. The summed E-state index contributed by atoms with van der Waals surface area (Å²) in [5, 5.41) is 3.91. The summed E-state index contributed by atoms with van der Waals surface area (Å²) in [5.41, 5.74) is 2.37. The fourth-order valence-corrected chi connectivity index (χ4v) is 3.55. The first-order chi connectivity index (χ1) is 12.3. The van der Waals surface area contributed by atoms with Crippen molar-refractivity contribution in [3.05, 3.63) is 71.4 Å². The van der Waals surface area contributed by atoms with Crippen LogP contribution in [0.4, 0.5) is 4.39 Å². The van der Waals surface area contributed by atoms with E-state index >= 15 is 0 Å². The molecule has 0 N–H and O–H groups in total. The van der Waals surface area contributed by atoms with Gasteiger partial charge in [-0.3, -0.25) is 0 Å². The fourth-order valence-electron chi connectivity index (χ4n) is 2.41. The van der Waals surface area contributed by atoms with Gasteiger partial charge in [0.15, 0.2) is 0 Å². The minimum absolute atomic E-state index is 0.0393. The molecule has 0 unspecified atom stereocenters. The summed E-state index contributed by atoms with van der Waals surface area (Å²) >= 11 is 0. The molecule has 2 aromatic carbocycles. The van der Waals surface area contributed by atoms with Crippen molar-refractivity contribution in [2.45, 2.75) is 19.2 Å². The Bertz CT molecular complexity index is 1000. The first-order valence-electron chi connectivity index (χ1n) is 7.91. The Morgan fingerprint density at radius 1 is 1.15 bits per heavy atom. The second-order valence-corrected chi connectivity index (χ2v) is 8.10. The number of benzene rings is 2.